The van der Waals surface area contributed by atoms with Gasteiger partial charge in [0, 0.05) is 48.9 Å². The normalized spacial score (nSPS) is 20.2. The maximum Gasteiger partial charge on any atom is 0.132 e. The van der Waals surface area contributed by atoms with Crippen LogP contribution in [0, 0.1) is 0 Å². The highest BCUT2D eigenvalue weighted by atomic mass is 32.2. The zero-order chi connectivity index (χ0) is 13.6. The Morgan fingerprint density at radius 3 is 2.85 bits per heavy atom. The molecule has 4 nitrogen and oxygen atoms in total. The summed E-state index contributed by atoms with van der Waals surface area (Å²) in [5, 5.41) is 3.55. The molecule has 0 saturated carbocycles. The lowest BCUT2D eigenvalue weighted by molar-refractivity contribution is 0.314. The van der Waals surface area contributed by atoms with Crippen molar-refractivity contribution >= 4 is 17.6 Å². The van der Waals surface area contributed by atoms with Crippen LogP contribution in [-0.2, 0) is 12.8 Å². The summed E-state index contributed by atoms with van der Waals surface area (Å²) in [7, 11) is 0. The van der Waals surface area contributed by atoms with Crippen LogP contribution < -0.4 is 5.32 Å². The Bertz CT molecular complexity index is 432. The van der Waals surface area contributed by atoms with Gasteiger partial charge < -0.3 is 5.32 Å². The van der Waals surface area contributed by atoms with Gasteiger partial charge in [-0.05, 0) is 25.7 Å². The van der Waals surface area contributed by atoms with Crippen molar-refractivity contribution in [3.05, 3.63) is 17.6 Å². The van der Waals surface area contributed by atoms with E-state index in [9.17, 15) is 0 Å². The van der Waals surface area contributed by atoms with Gasteiger partial charge in [-0.1, -0.05) is 6.42 Å². The van der Waals surface area contributed by atoms with E-state index in [1.807, 2.05) is 0 Å². The second-order valence-electron chi connectivity index (χ2n) is 5.59. The summed E-state index contributed by atoms with van der Waals surface area (Å²) in [5.74, 6) is 3.65. The predicted octanol–water partition coefficient (Wildman–Crippen LogP) is 2.21. The smallest absolute Gasteiger partial charge is 0.132 e. The second-order valence-corrected chi connectivity index (χ2v) is 6.81. The summed E-state index contributed by atoms with van der Waals surface area (Å²) in [5.41, 5.74) is 2.65. The molecule has 0 amide bonds. The van der Waals surface area contributed by atoms with Gasteiger partial charge in [0.25, 0.3) is 0 Å². The van der Waals surface area contributed by atoms with E-state index in [0.29, 0.717) is 0 Å². The monoisotopic (exact) mass is 292 g/mol. The number of aryl methyl sites for hydroxylation is 1. The molecule has 1 aliphatic heterocycles. The van der Waals surface area contributed by atoms with Crippen LogP contribution in [-0.4, -0.2) is 52.6 Å². The molecule has 1 saturated heterocycles. The molecule has 0 bridgehead atoms. The molecule has 0 spiro atoms. The lowest BCUT2D eigenvalue weighted by atomic mass is 10.1. The minimum absolute atomic E-state index is 0.994. The molecule has 1 aromatic heterocycles. The Morgan fingerprint density at radius 2 is 1.95 bits per heavy atom. The van der Waals surface area contributed by atoms with Gasteiger partial charge in [0.1, 0.15) is 12.1 Å². The summed E-state index contributed by atoms with van der Waals surface area (Å²) in [6.07, 6.45) is 7.85. The van der Waals surface area contributed by atoms with Gasteiger partial charge in [-0.25, -0.2) is 9.97 Å². The number of thioether (sulfide) groups is 1. The third kappa shape index (κ3) is 3.64. The maximum absolute atomic E-state index is 4.47. The number of hydrogen-bond donors (Lipinski definition) is 1. The van der Waals surface area contributed by atoms with E-state index < -0.39 is 0 Å². The number of anilines is 1. The maximum atomic E-state index is 4.47. The van der Waals surface area contributed by atoms with Crippen molar-refractivity contribution in [2.45, 2.75) is 32.1 Å². The number of hydrogen-bond acceptors (Lipinski definition) is 5. The number of aromatic nitrogens is 2. The van der Waals surface area contributed by atoms with Crippen molar-refractivity contribution in [2.24, 2.45) is 0 Å². The first-order valence-corrected chi connectivity index (χ1v) is 8.96. The SMILES string of the molecule is c1nc2c(c(NCCN3CCSCC3)n1)CCCCC2. The van der Waals surface area contributed by atoms with E-state index in [0.717, 1.165) is 31.7 Å². The zero-order valence-electron chi connectivity index (χ0n) is 12.1. The van der Waals surface area contributed by atoms with Crippen LogP contribution in [0.2, 0.25) is 0 Å². The molecule has 0 radical (unpaired) electrons. The van der Waals surface area contributed by atoms with Crippen LogP contribution in [0.25, 0.3) is 0 Å². The van der Waals surface area contributed by atoms with Crippen LogP contribution in [0.3, 0.4) is 0 Å². The van der Waals surface area contributed by atoms with Gasteiger partial charge in [-0.3, -0.25) is 4.90 Å². The summed E-state index contributed by atoms with van der Waals surface area (Å²) < 4.78 is 0. The zero-order valence-corrected chi connectivity index (χ0v) is 12.9. The van der Waals surface area contributed by atoms with Crippen LogP contribution in [0.1, 0.15) is 30.5 Å². The summed E-state index contributed by atoms with van der Waals surface area (Å²) >= 11 is 2.07. The molecule has 2 heterocycles. The second kappa shape index (κ2) is 7.27. The van der Waals surface area contributed by atoms with E-state index in [2.05, 4.69) is 31.9 Å². The molecule has 0 atom stereocenters. The topological polar surface area (TPSA) is 41.1 Å². The fourth-order valence-electron chi connectivity index (χ4n) is 3.01. The summed E-state index contributed by atoms with van der Waals surface area (Å²) in [4.78, 5) is 11.5. The standard InChI is InChI=1S/C15H24N4S/c1-2-4-13-14(5-3-1)17-12-18-15(13)16-6-7-19-8-10-20-11-9-19/h12H,1-11H2,(H,16,17,18). The first kappa shape index (κ1) is 14.1. The Kier molecular flexibility index (Phi) is 5.14. The van der Waals surface area contributed by atoms with Crippen LogP contribution >= 0.6 is 11.8 Å². The highest BCUT2D eigenvalue weighted by Gasteiger charge is 2.14. The quantitative estimate of drug-likeness (QED) is 0.862. The third-order valence-electron chi connectivity index (χ3n) is 4.20. The Hall–Kier alpha value is -0.810. The fourth-order valence-corrected chi connectivity index (χ4v) is 3.99. The van der Waals surface area contributed by atoms with Gasteiger partial charge in [-0.2, -0.15) is 11.8 Å². The number of rotatable bonds is 4. The van der Waals surface area contributed by atoms with Gasteiger partial charge in [-0.15, -0.1) is 0 Å². The van der Waals surface area contributed by atoms with E-state index in [-0.39, 0.29) is 0 Å². The summed E-state index contributed by atoms with van der Waals surface area (Å²) in [6, 6.07) is 0. The van der Waals surface area contributed by atoms with Crippen molar-refractivity contribution in [2.75, 3.05) is 43.0 Å². The summed E-state index contributed by atoms with van der Waals surface area (Å²) in [6.45, 7) is 4.58. The number of fused-ring (bicyclic) bond motifs is 1. The minimum Gasteiger partial charge on any atom is -0.368 e. The largest absolute Gasteiger partial charge is 0.368 e. The highest BCUT2D eigenvalue weighted by Crippen LogP contribution is 2.23. The molecule has 0 unspecified atom stereocenters. The Morgan fingerprint density at radius 1 is 1.10 bits per heavy atom. The molecule has 20 heavy (non-hydrogen) atoms. The molecule has 1 aliphatic carbocycles. The third-order valence-corrected chi connectivity index (χ3v) is 5.14. The van der Waals surface area contributed by atoms with Gasteiger partial charge >= 0.3 is 0 Å². The Labute approximate surface area is 125 Å². The Balaban J connectivity index is 1.57. The van der Waals surface area contributed by atoms with Gasteiger partial charge in [0.05, 0.1) is 0 Å². The highest BCUT2D eigenvalue weighted by molar-refractivity contribution is 7.99. The van der Waals surface area contributed by atoms with Crippen molar-refractivity contribution in [1.82, 2.24) is 14.9 Å². The molecule has 1 N–H and O–H groups in total. The van der Waals surface area contributed by atoms with Crippen molar-refractivity contribution in [3.8, 4) is 0 Å². The number of nitrogens with one attached hydrogen (secondary N) is 1. The van der Waals surface area contributed by atoms with E-state index in [1.165, 1.54) is 55.1 Å². The molecule has 1 aromatic rings. The molecule has 5 heteroatoms. The van der Waals surface area contributed by atoms with Crippen LogP contribution in [0.15, 0.2) is 6.33 Å². The molecule has 3 rings (SSSR count). The molecule has 110 valence electrons. The first-order valence-electron chi connectivity index (χ1n) is 7.80. The van der Waals surface area contributed by atoms with Gasteiger partial charge in [0.15, 0.2) is 0 Å². The van der Waals surface area contributed by atoms with Crippen molar-refractivity contribution in [1.29, 1.82) is 0 Å². The molecular formula is C15H24N4S. The van der Waals surface area contributed by atoms with E-state index in [4.69, 9.17) is 0 Å². The van der Waals surface area contributed by atoms with E-state index >= 15 is 0 Å². The van der Waals surface area contributed by atoms with Crippen LogP contribution in [0.4, 0.5) is 5.82 Å². The fraction of sp³-hybridized carbons (Fsp3) is 0.733. The average Bonchev–Trinajstić information content (AvgIpc) is 2.74. The van der Waals surface area contributed by atoms with Crippen molar-refractivity contribution in [3.63, 3.8) is 0 Å². The molecule has 1 fully saturated rings. The van der Waals surface area contributed by atoms with E-state index in [1.54, 1.807) is 6.33 Å². The van der Waals surface area contributed by atoms with Gasteiger partial charge in [0.2, 0.25) is 0 Å². The molecule has 2 aliphatic rings. The van der Waals surface area contributed by atoms with Crippen LogP contribution in [0.5, 0.6) is 0 Å². The first-order chi connectivity index (χ1) is 9.93. The lowest BCUT2D eigenvalue weighted by Crippen LogP contribution is -2.36. The molecular weight excluding hydrogens is 268 g/mol. The minimum atomic E-state index is 0.994. The average molecular weight is 292 g/mol. The molecule has 0 aromatic carbocycles. The number of nitrogens with zero attached hydrogens (tertiary/aromatic N) is 3. The lowest BCUT2D eigenvalue weighted by Gasteiger charge is -2.26. The van der Waals surface area contributed by atoms with Crippen molar-refractivity contribution < 1.29 is 0 Å². The predicted molar refractivity (Wildman–Crippen MR) is 85.5 cm³/mol.